The summed E-state index contributed by atoms with van der Waals surface area (Å²) in [4.78, 5) is 0. The molecule has 6 nitrogen and oxygen atoms in total. The van der Waals surface area contributed by atoms with Gasteiger partial charge in [-0.3, -0.25) is 0 Å². The average Bonchev–Trinajstić information content (AvgIpc) is 2.81. The van der Waals surface area contributed by atoms with Gasteiger partial charge in [-0.25, -0.2) is 0 Å². The maximum Gasteiger partial charge on any atom is 0.164 e. The topological polar surface area (TPSA) is 72.2 Å². The first-order valence-electron chi connectivity index (χ1n) is 6.36. The van der Waals surface area contributed by atoms with Gasteiger partial charge in [0.25, 0.3) is 0 Å². The van der Waals surface area contributed by atoms with Gasteiger partial charge < -0.3 is 29.4 Å². The maximum atomic E-state index is 5.94. The lowest BCUT2D eigenvalue weighted by molar-refractivity contribution is -0.205. The monoisotopic (exact) mass is 259 g/mol. The number of hydrogen-bond acceptors (Lipinski definition) is 6. The number of ether oxygens (including phenoxy) is 5. The lowest BCUT2D eigenvalue weighted by atomic mass is 10.1. The zero-order valence-corrected chi connectivity index (χ0v) is 11.2. The van der Waals surface area contributed by atoms with Gasteiger partial charge in [-0.05, 0) is 27.7 Å². The second kappa shape index (κ2) is 3.88. The van der Waals surface area contributed by atoms with Crippen LogP contribution in [0.4, 0.5) is 0 Å². The van der Waals surface area contributed by atoms with Crippen LogP contribution in [-0.4, -0.2) is 48.8 Å². The molecule has 0 bridgehead atoms. The van der Waals surface area contributed by atoms with E-state index in [4.69, 9.17) is 29.4 Å². The fraction of sp³-hybridized carbons (Fsp3) is 1.00. The fourth-order valence-corrected chi connectivity index (χ4v) is 2.84. The third-order valence-corrected chi connectivity index (χ3v) is 3.52. The van der Waals surface area contributed by atoms with Crippen LogP contribution >= 0.6 is 0 Å². The molecule has 3 fully saturated rings. The molecule has 0 spiro atoms. The summed E-state index contributed by atoms with van der Waals surface area (Å²) in [5, 5.41) is 0. The molecule has 0 aromatic rings. The number of nitrogens with two attached hydrogens (primary N) is 1. The molecule has 0 radical (unpaired) electrons. The lowest BCUT2D eigenvalue weighted by Crippen LogP contribution is -2.40. The van der Waals surface area contributed by atoms with Crippen molar-refractivity contribution in [2.24, 2.45) is 5.73 Å². The van der Waals surface area contributed by atoms with Crippen molar-refractivity contribution in [2.45, 2.75) is 69.9 Å². The van der Waals surface area contributed by atoms with Crippen molar-refractivity contribution in [1.82, 2.24) is 0 Å². The van der Waals surface area contributed by atoms with E-state index in [1.165, 1.54) is 0 Å². The Bertz CT molecular complexity index is 345. The molecule has 0 aliphatic carbocycles. The van der Waals surface area contributed by atoms with E-state index in [9.17, 15) is 0 Å². The number of rotatable bonds is 1. The minimum Gasteiger partial charge on any atom is -0.352 e. The van der Waals surface area contributed by atoms with E-state index in [1.54, 1.807) is 0 Å². The summed E-state index contributed by atoms with van der Waals surface area (Å²) < 4.78 is 28.7. The highest BCUT2D eigenvalue weighted by Crippen LogP contribution is 2.40. The lowest BCUT2D eigenvalue weighted by Gasteiger charge is -2.26. The Hall–Kier alpha value is -0.240. The minimum absolute atomic E-state index is 0.168. The van der Waals surface area contributed by atoms with E-state index < -0.39 is 17.8 Å². The van der Waals surface area contributed by atoms with Crippen molar-refractivity contribution >= 4 is 0 Å². The zero-order chi connectivity index (χ0) is 13.1. The van der Waals surface area contributed by atoms with Crippen molar-refractivity contribution in [3.05, 3.63) is 0 Å². The highest BCUT2D eigenvalue weighted by atomic mass is 16.8. The minimum atomic E-state index is -0.621. The molecular formula is C12H21NO5. The van der Waals surface area contributed by atoms with Crippen LogP contribution < -0.4 is 5.73 Å². The van der Waals surface area contributed by atoms with Gasteiger partial charge in [-0.1, -0.05) is 0 Å². The standard InChI is InChI=1S/C12H21NO5/c1-11(2)14-5-6(16-11)7-8-9(10(13)15-7)18-12(3,4)17-8/h6-10H,5,13H2,1-4H3. The molecule has 18 heavy (non-hydrogen) atoms. The molecule has 0 amide bonds. The molecule has 6 heteroatoms. The summed E-state index contributed by atoms with van der Waals surface area (Å²) in [6.07, 6.45) is -1.32. The van der Waals surface area contributed by atoms with E-state index in [0.717, 1.165) is 0 Å². The number of hydrogen-bond donors (Lipinski definition) is 1. The Morgan fingerprint density at radius 2 is 1.56 bits per heavy atom. The average molecular weight is 259 g/mol. The van der Waals surface area contributed by atoms with E-state index in [1.807, 2.05) is 27.7 Å². The van der Waals surface area contributed by atoms with Crippen LogP contribution in [0, 0.1) is 0 Å². The van der Waals surface area contributed by atoms with Gasteiger partial charge in [0.05, 0.1) is 6.61 Å². The molecule has 0 aromatic heterocycles. The van der Waals surface area contributed by atoms with Crippen LogP contribution in [0.25, 0.3) is 0 Å². The Kier molecular flexibility index (Phi) is 2.75. The summed E-state index contributed by atoms with van der Waals surface area (Å²) in [7, 11) is 0. The van der Waals surface area contributed by atoms with E-state index in [0.29, 0.717) is 6.61 Å². The Balaban J connectivity index is 1.75. The smallest absolute Gasteiger partial charge is 0.164 e. The van der Waals surface area contributed by atoms with Gasteiger partial charge in [-0.2, -0.15) is 0 Å². The van der Waals surface area contributed by atoms with E-state index in [2.05, 4.69) is 0 Å². The second-order valence-corrected chi connectivity index (χ2v) is 6.00. The van der Waals surface area contributed by atoms with Crippen LogP contribution in [0.1, 0.15) is 27.7 Å². The fourth-order valence-electron chi connectivity index (χ4n) is 2.84. The predicted molar refractivity (Wildman–Crippen MR) is 61.6 cm³/mol. The molecule has 2 N–H and O–H groups in total. The van der Waals surface area contributed by atoms with Crippen molar-refractivity contribution in [1.29, 1.82) is 0 Å². The maximum absolute atomic E-state index is 5.94. The summed E-state index contributed by atoms with van der Waals surface area (Å²) >= 11 is 0. The first-order chi connectivity index (χ1) is 8.27. The Morgan fingerprint density at radius 3 is 2.17 bits per heavy atom. The van der Waals surface area contributed by atoms with Gasteiger partial charge >= 0.3 is 0 Å². The molecule has 0 saturated carbocycles. The van der Waals surface area contributed by atoms with Gasteiger partial charge in [0.1, 0.15) is 30.6 Å². The number of fused-ring (bicyclic) bond motifs is 1. The molecule has 3 saturated heterocycles. The van der Waals surface area contributed by atoms with Gasteiger partial charge in [-0.15, -0.1) is 0 Å². The first kappa shape index (κ1) is 12.8. The largest absolute Gasteiger partial charge is 0.352 e. The molecule has 5 unspecified atom stereocenters. The SMILES string of the molecule is CC1(C)OCC(C2OC(N)C3OC(C)(C)OC32)O1. The predicted octanol–water partition coefficient (Wildman–Crippen LogP) is 0.342. The molecular weight excluding hydrogens is 238 g/mol. The van der Waals surface area contributed by atoms with Crippen LogP contribution in [0.3, 0.4) is 0 Å². The van der Waals surface area contributed by atoms with Crippen molar-refractivity contribution in [3.8, 4) is 0 Å². The summed E-state index contributed by atoms with van der Waals surface area (Å²) in [6.45, 7) is 8.01. The second-order valence-electron chi connectivity index (χ2n) is 6.00. The Morgan fingerprint density at radius 1 is 0.889 bits per heavy atom. The summed E-state index contributed by atoms with van der Waals surface area (Å²) in [5.41, 5.74) is 5.94. The molecule has 3 heterocycles. The van der Waals surface area contributed by atoms with Crippen LogP contribution in [0.15, 0.2) is 0 Å². The van der Waals surface area contributed by atoms with E-state index in [-0.39, 0.29) is 24.4 Å². The van der Waals surface area contributed by atoms with Gasteiger partial charge in [0, 0.05) is 0 Å². The molecule has 0 aromatic carbocycles. The van der Waals surface area contributed by atoms with Crippen LogP contribution in [-0.2, 0) is 23.7 Å². The van der Waals surface area contributed by atoms with Gasteiger partial charge in [0.15, 0.2) is 11.6 Å². The Labute approximate surface area is 107 Å². The quantitative estimate of drug-likeness (QED) is 0.732. The summed E-state index contributed by atoms with van der Waals surface area (Å²) in [6, 6.07) is 0. The van der Waals surface area contributed by atoms with Crippen molar-refractivity contribution < 1.29 is 23.7 Å². The highest BCUT2D eigenvalue weighted by Gasteiger charge is 2.58. The van der Waals surface area contributed by atoms with Crippen molar-refractivity contribution in [2.75, 3.05) is 6.61 Å². The molecule has 3 aliphatic rings. The summed E-state index contributed by atoms with van der Waals surface area (Å²) in [5.74, 6) is -1.20. The highest BCUT2D eigenvalue weighted by molar-refractivity contribution is 5.00. The molecule has 104 valence electrons. The zero-order valence-electron chi connectivity index (χ0n) is 11.2. The van der Waals surface area contributed by atoms with Gasteiger partial charge in [0.2, 0.25) is 0 Å². The molecule has 3 aliphatic heterocycles. The van der Waals surface area contributed by atoms with E-state index >= 15 is 0 Å². The molecule has 5 atom stereocenters. The third-order valence-electron chi connectivity index (χ3n) is 3.52. The van der Waals surface area contributed by atoms with Crippen LogP contribution in [0.2, 0.25) is 0 Å². The van der Waals surface area contributed by atoms with Crippen molar-refractivity contribution in [3.63, 3.8) is 0 Å². The normalized spacial score (nSPS) is 49.5. The van der Waals surface area contributed by atoms with Crippen LogP contribution in [0.5, 0.6) is 0 Å². The third kappa shape index (κ3) is 2.07. The molecule has 3 rings (SSSR count). The first-order valence-corrected chi connectivity index (χ1v) is 6.36.